The lowest BCUT2D eigenvalue weighted by atomic mass is 9.54. The maximum atomic E-state index is 13.6. The van der Waals surface area contributed by atoms with Crippen LogP contribution in [-0.2, 0) is 21.3 Å². The summed E-state index contributed by atoms with van der Waals surface area (Å²) in [5, 5.41) is 0. The maximum Gasteiger partial charge on any atom is 0.294 e. The van der Waals surface area contributed by atoms with Gasteiger partial charge in [0.1, 0.15) is 0 Å². The van der Waals surface area contributed by atoms with Crippen molar-refractivity contribution in [1.29, 1.82) is 0 Å². The molecule has 5 nitrogen and oxygen atoms in total. The summed E-state index contributed by atoms with van der Waals surface area (Å²) >= 11 is 0. The topological polar surface area (TPSA) is 74.7 Å². The number of hydrogen-bond acceptors (Lipinski definition) is 3. The van der Waals surface area contributed by atoms with Gasteiger partial charge in [0.25, 0.3) is 10.1 Å². The van der Waals surface area contributed by atoms with Gasteiger partial charge in [-0.2, -0.15) is 8.42 Å². The summed E-state index contributed by atoms with van der Waals surface area (Å²) in [6.07, 6.45) is 6.05. The molecule has 2 saturated carbocycles. The molecule has 3 aliphatic rings. The zero-order valence-electron chi connectivity index (χ0n) is 19.5. The summed E-state index contributed by atoms with van der Waals surface area (Å²) in [6, 6.07) is 5.57. The first kappa shape index (κ1) is 22.8. The fourth-order valence-corrected chi connectivity index (χ4v) is 7.94. The Morgan fingerprint density at radius 1 is 1.10 bits per heavy atom. The van der Waals surface area contributed by atoms with Crippen LogP contribution in [0.1, 0.15) is 83.8 Å². The summed E-state index contributed by atoms with van der Waals surface area (Å²) in [6.45, 7) is 10.8. The first-order valence-electron chi connectivity index (χ1n) is 11.9. The van der Waals surface area contributed by atoms with Crippen molar-refractivity contribution in [3.8, 4) is 0 Å². The van der Waals surface area contributed by atoms with Crippen molar-refractivity contribution in [2.45, 2.75) is 96.0 Å². The predicted octanol–water partition coefficient (Wildman–Crippen LogP) is 5.05. The third-order valence-electron chi connectivity index (χ3n) is 8.66. The van der Waals surface area contributed by atoms with Gasteiger partial charge in [-0.25, -0.2) is 0 Å². The third-order valence-corrected chi connectivity index (χ3v) is 9.51. The predicted molar refractivity (Wildman–Crippen MR) is 121 cm³/mol. The molecule has 0 aromatic heterocycles. The fraction of sp³-hybridized carbons (Fsp3) is 0.720. The Labute approximate surface area is 187 Å². The molecule has 1 N–H and O–H groups in total. The Balaban J connectivity index is 1.61. The Morgan fingerprint density at radius 3 is 2.39 bits per heavy atom. The van der Waals surface area contributed by atoms with Crippen LogP contribution in [0, 0.1) is 23.2 Å². The highest BCUT2D eigenvalue weighted by atomic mass is 32.2. The average Bonchev–Trinajstić information content (AvgIpc) is 3.03. The molecule has 4 rings (SSSR count). The van der Waals surface area contributed by atoms with E-state index in [0.717, 1.165) is 44.1 Å². The molecule has 3 aliphatic carbocycles. The van der Waals surface area contributed by atoms with Gasteiger partial charge in [-0.1, -0.05) is 13.0 Å². The van der Waals surface area contributed by atoms with E-state index in [1.54, 1.807) is 12.1 Å². The van der Waals surface area contributed by atoms with E-state index in [0.29, 0.717) is 23.7 Å². The highest BCUT2D eigenvalue weighted by molar-refractivity contribution is 7.85. The minimum Gasteiger partial charge on any atom is -0.338 e. The van der Waals surface area contributed by atoms with E-state index in [9.17, 15) is 17.8 Å². The molecule has 2 fully saturated rings. The van der Waals surface area contributed by atoms with E-state index in [-0.39, 0.29) is 28.3 Å². The van der Waals surface area contributed by atoms with Crippen molar-refractivity contribution in [2.75, 3.05) is 0 Å². The lowest BCUT2D eigenvalue weighted by Crippen LogP contribution is -2.50. The molecule has 0 spiro atoms. The van der Waals surface area contributed by atoms with Gasteiger partial charge in [-0.05, 0) is 113 Å². The number of carbonyl (C=O) groups is 1. The molecular formula is C25H37NO4S. The van der Waals surface area contributed by atoms with Crippen molar-refractivity contribution in [1.82, 2.24) is 4.90 Å². The van der Waals surface area contributed by atoms with Crippen molar-refractivity contribution in [3.05, 3.63) is 29.3 Å². The molecule has 0 heterocycles. The van der Waals surface area contributed by atoms with E-state index in [1.165, 1.54) is 5.56 Å². The largest absolute Gasteiger partial charge is 0.338 e. The van der Waals surface area contributed by atoms with E-state index >= 15 is 0 Å². The molecule has 1 aromatic rings. The summed E-state index contributed by atoms with van der Waals surface area (Å²) in [7, 11) is -4.17. The first-order chi connectivity index (χ1) is 14.4. The Morgan fingerprint density at radius 2 is 1.77 bits per heavy atom. The van der Waals surface area contributed by atoms with Crippen LogP contribution in [0.2, 0.25) is 0 Å². The summed E-state index contributed by atoms with van der Waals surface area (Å²) in [5.41, 5.74) is 2.37. The molecule has 0 aliphatic heterocycles. The molecule has 31 heavy (non-hydrogen) atoms. The van der Waals surface area contributed by atoms with Crippen molar-refractivity contribution < 1.29 is 17.8 Å². The standard InChI is InChI=1S/C25H37NO4S/c1-15(2)26(16(3)4)24(27)23-11-10-22-21-8-6-17-14-18(31(28,29)30)7-9-19(17)20(21)12-13-25(22,23)5/h7,9,14-16,20-23H,6,8,10-13H2,1-5H3,(H,28,29,30)/t20-,21-,22+,23?,25+/m1/s1. The number of benzene rings is 1. The second kappa shape index (κ2) is 7.87. The number of fused-ring (bicyclic) bond motifs is 5. The van der Waals surface area contributed by atoms with Gasteiger partial charge in [0, 0.05) is 18.0 Å². The number of hydrogen-bond donors (Lipinski definition) is 1. The highest BCUT2D eigenvalue weighted by Gasteiger charge is 2.57. The van der Waals surface area contributed by atoms with Crippen LogP contribution < -0.4 is 0 Å². The van der Waals surface area contributed by atoms with Crippen LogP contribution in [0.4, 0.5) is 0 Å². The van der Waals surface area contributed by atoms with Gasteiger partial charge in [0.2, 0.25) is 5.91 Å². The molecule has 6 heteroatoms. The zero-order chi connectivity index (χ0) is 22.7. The zero-order valence-corrected chi connectivity index (χ0v) is 20.3. The van der Waals surface area contributed by atoms with Crippen LogP contribution in [0.3, 0.4) is 0 Å². The van der Waals surface area contributed by atoms with Gasteiger partial charge in [-0.3, -0.25) is 9.35 Å². The smallest absolute Gasteiger partial charge is 0.294 e. The number of rotatable bonds is 4. The number of amides is 1. The van der Waals surface area contributed by atoms with Crippen LogP contribution in [0.15, 0.2) is 23.1 Å². The second-order valence-electron chi connectivity index (χ2n) is 10.9. The molecule has 1 unspecified atom stereocenters. The van der Waals surface area contributed by atoms with Gasteiger partial charge >= 0.3 is 0 Å². The normalized spacial score (nSPS) is 32.5. The molecule has 1 amide bonds. The molecular weight excluding hydrogens is 410 g/mol. The molecule has 0 bridgehead atoms. The minimum atomic E-state index is -4.17. The van der Waals surface area contributed by atoms with Crippen LogP contribution in [0.25, 0.3) is 0 Å². The van der Waals surface area contributed by atoms with Crippen molar-refractivity contribution >= 4 is 16.0 Å². The molecule has 0 radical (unpaired) electrons. The quantitative estimate of drug-likeness (QED) is 0.655. The van der Waals surface area contributed by atoms with Crippen molar-refractivity contribution in [3.63, 3.8) is 0 Å². The summed E-state index contributed by atoms with van der Waals surface area (Å²) in [4.78, 5) is 15.7. The van der Waals surface area contributed by atoms with E-state index < -0.39 is 10.1 Å². The molecule has 5 atom stereocenters. The van der Waals surface area contributed by atoms with Gasteiger partial charge < -0.3 is 4.90 Å². The van der Waals surface area contributed by atoms with Gasteiger partial charge in [0.05, 0.1) is 4.90 Å². The average molecular weight is 448 g/mol. The van der Waals surface area contributed by atoms with E-state index in [2.05, 4.69) is 39.5 Å². The lowest BCUT2D eigenvalue weighted by molar-refractivity contribution is -0.144. The Kier molecular flexibility index (Phi) is 5.79. The minimum absolute atomic E-state index is 0.000614. The highest BCUT2D eigenvalue weighted by Crippen LogP contribution is 2.63. The maximum absolute atomic E-state index is 13.6. The van der Waals surface area contributed by atoms with E-state index in [4.69, 9.17) is 0 Å². The van der Waals surface area contributed by atoms with Crippen LogP contribution in [-0.4, -0.2) is 35.9 Å². The van der Waals surface area contributed by atoms with Gasteiger partial charge in [0.15, 0.2) is 0 Å². The molecule has 1 aromatic carbocycles. The molecule has 172 valence electrons. The second-order valence-corrected chi connectivity index (χ2v) is 12.3. The number of nitrogens with zero attached hydrogens (tertiary/aromatic N) is 1. The first-order valence-corrected chi connectivity index (χ1v) is 13.3. The monoisotopic (exact) mass is 447 g/mol. The van der Waals surface area contributed by atoms with Crippen LogP contribution >= 0.6 is 0 Å². The number of carbonyl (C=O) groups excluding carboxylic acids is 1. The lowest BCUT2D eigenvalue weighted by Gasteiger charge is -2.51. The van der Waals surface area contributed by atoms with Crippen LogP contribution in [0.5, 0.6) is 0 Å². The number of aryl methyl sites for hydroxylation is 1. The van der Waals surface area contributed by atoms with E-state index in [1.807, 2.05) is 6.07 Å². The Bertz CT molecular complexity index is 962. The summed E-state index contributed by atoms with van der Waals surface area (Å²) < 4.78 is 32.5. The third kappa shape index (κ3) is 3.74. The Hall–Kier alpha value is -1.40. The van der Waals surface area contributed by atoms with Gasteiger partial charge in [-0.15, -0.1) is 0 Å². The van der Waals surface area contributed by atoms with Crippen molar-refractivity contribution in [2.24, 2.45) is 23.2 Å². The SMILES string of the molecule is CC(C)N(C(=O)C1CC[C@H]2[C@@H]3CCc4cc(S(=O)(=O)O)ccc4[C@H]3CC[C@]12C)C(C)C. The fourth-order valence-electron chi connectivity index (χ4n) is 7.41. The molecule has 0 saturated heterocycles. The summed E-state index contributed by atoms with van der Waals surface area (Å²) in [5.74, 6) is 1.95.